The standard InChI is InChI=1S/C23H35ClN2O3P/c1-9-29-23(27)26(21-12-10-11-20(24)13-21)22(28-8)19(14-25)15-30(16(2)3,17(4)5)18(6)7/h10-13,16-18H,9,15H2,1-8H3/q+1/b22-19-. The fourth-order valence-corrected chi connectivity index (χ4v) is 9.83. The Balaban J connectivity index is 3.71. The summed E-state index contributed by atoms with van der Waals surface area (Å²) in [4.78, 5) is 14.2. The molecule has 0 aromatic heterocycles. The number of hydrogen-bond donors (Lipinski definition) is 0. The van der Waals surface area contributed by atoms with Crippen LogP contribution in [0.25, 0.3) is 0 Å². The van der Waals surface area contributed by atoms with Crippen molar-refractivity contribution in [2.75, 3.05) is 24.8 Å². The van der Waals surface area contributed by atoms with Crippen molar-refractivity contribution in [1.29, 1.82) is 5.26 Å². The average molecular weight is 454 g/mol. The third-order valence-electron chi connectivity index (χ3n) is 5.62. The molecule has 5 nitrogen and oxygen atoms in total. The first kappa shape index (κ1) is 26.3. The Kier molecular flexibility index (Phi) is 10.1. The summed E-state index contributed by atoms with van der Waals surface area (Å²) in [6, 6.07) is 9.20. The molecule has 0 N–H and O–H groups in total. The molecule has 166 valence electrons. The minimum atomic E-state index is -1.60. The molecule has 0 aliphatic heterocycles. The van der Waals surface area contributed by atoms with Crippen LogP contribution in [0.3, 0.4) is 0 Å². The largest absolute Gasteiger partial charge is 0.481 e. The fraction of sp³-hybridized carbons (Fsp3) is 0.565. The first-order valence-corrected chi connectivity index (χ1v) is 12.9. The van der Waals surface area contributed by atoms with Crippen molar-refractivity contribution in [3.05, 3.63) is 40.7 Å². The van der Waals surface area contributed by atoms with Crippen molar-refractivity contribution < 1.29 is 14.3 Å². The molecule has 0 spiro atoms. The van der Waals surface area contributed by atoms with E-state index in [2.05, 4.69) is 47.6 Å². The number of benzene rings is 1. The number of hydrogen-bond acceptors (Lipinski definition) is 4. The molecule has 0 saturated carbocycles. The number of ether oxygens (including phenoxy) is 2. The Labute approximate surface area is 187 Å². The van der Waals surface area contributed by atoms with Crippen molar-refractivity contribution in [2.24, 2.45) is 0 Å². The maximum absolute atomic E-state index is 12.9. The predicted molar refractivity (Wildman–Crippen MR) is 128 cm³/mol. The fourth-order valence-electron chi connectivity index (χ4n) is 4.22. The molecule has 0 aliphatic rings. The molecular weight excluding hydrogens is 419 g/mol. The highest BCUT2D eigenvalue weighted by Gasteiger charge is 2.49. The molecule has 0 unspecified atom stereocenters. The van der Waals surface area contributed by atoms with E-state index in [9.17, 15) is 10.1 Å². The Morgan fingerprint density at radius 3 is 2.13 bits per heavy atom. The van der Waals surface area contributed by atoms with E-state index >= 15 is 0 Å². The summed E-state index contributed by atoms with van der Waals surface area (Å²) >= 11 is 6.17. The number of methoxy groups -OCH3 is 1. The van der Waals surface area contributed by atoms with Crippen LogP contribution in [0.1, 0.15) is 48.5 Å². The van der Waals surface area contributed by atoms with E-state index in [0.717, 1.165) is 0 Å². The van der Waals surface area contributed by atoms with Gasteiger partial charge in [-0.3, -0.25) is 0 Å². The number of nitriles is 1. The van der Waals surface area contributed by atoms with Gasteiger partial charge in [0, 0.05) is 12.3 Å². The van der Waals surface area contributed by atoms with Gasteiger partial charge >= 0.3 is 6.09 Å². The molecule has 1 rings (SSSR count). The van der Waals surface area contributed by atoms with E-state index < -0.39 is 13.4 Å². The second-order valence-corrected chi connectivity index (χ2v) is 13.9. The van der Waals surface area contributed by atoms with Crippen LogP contribution in [0, 0.1) is 11.3 Å². The minimum absolute atomic E-state index is 0.199. The summed E-state index contributed by atoms with van der Waals surface area (Å²) in [6.45, 7) is 15.3. The van der Waals surface area contributed by atoms with Crippen molar-refractivity contribution in [3.8, 4) is 6.07 Å². The number of carbonyl (C=O) groups is 1. The topological polar surface area (TPSA) is 62.6 Å². The van der Waals surface area contributed by atoms with Crippen LogP contribution in [0.2, 0.25) is 5.02 Å². The summed E-state index contributed by atoms with van der Waals surface area (Å²) in [6.07, 6.45) is -0.0113. The van der Waals surface area contributed by atoms with E-state index in [0.29, 0.717) is 39.4 Å². The number of anilines is 1. The maximum Gasteiger partial charge on any atom is 0.421 e. The quantitative estimate of drug-likeness (QED) is 0.231. The summed E-state index contributed by atoms with van der Waals surface area (Å²) in [5.41, 5.74) is 2.24. The van der Waals surface area contributed by atoms with Crippen molar-refractivity contribution in [3.63, 3.8) is 0 Å². The molecule has 0 saturated heterocycles. The lowest BCUT2D eigenvalue weighted by atomic mass is 10.2. The molecule has 30 heavy (non-hydrogen) atoms. The molecule has 7 heteroatoms. The van der Waals surface area contributed by atoms with Crippen molar-refractivity contribution in [2.45, 2.75) is 65.4 Å². The van der Waals surface area contributed by atoms with E-state index in [-0.39, 0.29) is 12.5 Å². The molecule has 0 aliphatic carbocycles. The zero-order valence-electron chi connectivity index (χ0n) is 19.4. The van der Waals surface area contributed by atoms with Gasteiger partial charge in [-0.15, -0.1) is 0 Å². The Bertz CT molecular complexity index is 778. The number of amides is 1. The Morgan fingerprint density at radius 2 is 1.73 bits per heavy atom. The van der Waals surface area contributed by atoms with Gasteiger partial charge in [-0.2, -0.15) is 5.26 Å². The first-order chi connectivity index (χ1) is 14.1. The molecule has 0 fully saturated rings. The smallest absolute Gasteiger partial charge is 0.421 e. The van der Waals surface area contributed by atoms with Crippen LogP contribution < -0.4 is 4.90 Å². The second kappa shape index (κ2) is 11.6. The SMILES string of the molecule is CCOC(=O)N(/C(OC)=C(\C#N)C[P+](C(C)C)(C(C)C)C(C)C)c1cccc(Cl)c1. The van der Waals surface area contributed by atoms with Gasteiger partial charge in [0.2, 0.25) is 5.88 Å². The third kappa shape index (κ3) is 5.68. The highest BCUT2D eigenvalue weighted by atomic mass is 35.5. The molecule has 0 atom stereocenters. The number of rotatable bonds is 9. The predicted octanol–water partition coefficient (Wildman–Crippen LogP) is 6.93. The molecule has 0 radical (unpaired) electrons. The lowest BCUT2D eigenvalue weighted by molar-refractivity contribution is 0.154. The molecule has 0 heterocycles. The molecule has 0 bridgehead atoms. The number of carbonyl (C=O) groups excluding carboxylic acids is 1. The molecule has 1 aromatic rings. The summed E-state index contributed by atoms with van der Waals surface area (Å²) < 4.78 is 10.9. The average Bonchev–Trinajstić information content (AvgIpc) is 2.66. The Morgan fingerprint density at radius 1 is 1.17 bits per heavy atom. The van der Waals surface area contributed by atoms with Crippen LogP contribution in [0.5, 0.6) is 0 Å². The number of allylic oxidation sites excluding steroid dienone is 1. The lowest BCUT2D eigenvalue weighted by Crippen LogP contribution is -2.34. The van der Waals surface area contributed by atoms with Crippen molar-refractivity contribution in [1.82, 2.24) is 0 Å². The normalized spacial score (nSPS) is 12.6. The highest BCUT2D eigenvalue weighted by Crippen LogP contribution is 2.71. The zero-order chi connectivity index (χ0) is 23.1. The second-order valence-electron chi connectivity index (χ2n) is 8.05. The summed E-state index contributed by atoms with van der Waals surface area (Å²) in [7, 11) is -0.127. The van der Waals surface area contributed by atoms with Crippen LogP contribution in [0.4, 0.5) is 10.5 Å². The monoisotopic (exact) mass is 453 g/mol. The Hall–Kier alpha value is -1.76. The van der Waals surface area contributed by atoms with Crippen LogP contribution >= 0.6 is 18.9 Å². The third-order valence-corrected chi connectivity index (χ3v) is 12.5. The van der Waals surface area contributed by atoms with Gasteiger partial charge in [-0.25, -0.2) is 9.69 Å². The van der Waals surface area contributed by atoms with E-state index in [4.69, 9.17) is 21.1 Å². The number of halogens is 1. The van der Waals surface area contributed by atoms with E-state index in [1.807, 2.05) is 0 Å². The zero-order valence-corrected chi connectivity index (χ0v) is 21.1. The van der Waals surface area contributed by atoms with Gasteiger partial charge in [0.1, 0.15) is 17.8 Å². The van der Waals surface area contributed by atoms with Crippen LogP contribution in [0.15, 0.2) is 35.7 Å². The number of nitrogens with zero attached hydrogens (tertiary/aromatic N) is 2. The van der Waals surface area contributed by atoms with Gasteiger partial charge in [-0.1, -0.05) is 17.7 Å². The first-order valence-electron chi connectivity index (χ1n) is 10.3. The molecule has 1 aromatic carbocycles. The van der Waals surface area contributed by atoms with Crippen LogP contribution in [-0.2, 0) is 9.47 Å². The van der Waals surface area contributed by atoms with Gasteiger partial charge < -0.3 is 9.47 Å². The summed E-state index contributed by atoms with van der Waals surface area (Å²) in [5, 5.41) is 10.6. The van der Waals surface area contributed by atoms with Gasteiger partial charge in [0.25, 0.3) is 0 Å². The highest BCUT2D eigenvalue weighted by molar-refractivity contribution is 7.77. The maximum atomic E-state index is 12.9. The van der Waals surface area contributed by atoms with Gasteiger partial charge in [0.05, 0.1) is 36.4 Å². The lowest BCUT2D eigenvalue weighted by Gasteiger charge is -2.38. The van der Waals surface area contributed by atoms with Crippen LogP contribution in [-0.4, -0.2) is 42.9 Å². The van der Waals surface area contributed by atoms with Gasteiger partial charge in [0.15, 0.2) is 0 Å². The van der Waals surface area contributed by atoms with Gasteiger partial charge in [-0.05, 0) is 66.7 Å². The molecule has 1 amide bonds. The minimum Gasteiger partial charge on any atom is -0.481 e. The summed E-state index contributed by atoms with van der Waals surface area (Å²) in [5.74, 6) is 0.199. The van der Waals surface area contributed by atoms with E-state index in [1.54, 1.807) is 31.2 Å². The van der Waals surface area contributed by atoms with Crippen molar-refractivity contribution >= 4 is 30.6 Å². The molecular formula is C23H35ClN2O3P+. The van der Waals surface area contributed by atoms with E-state index in [1.165, 1.54) is 12.0 Å².